The summed E-state index contributed by atoms with van der Waals surface area (Å²) in [6, 6.07) is 17.0. The molecule has 0 unspecified atom stereocenters. The minimum atomic E-state index is -0.498. The highest BCUT2D eigenvalue weighted by Crippen LogP contribution is 2.44. The van der Waals surface area contributed by atoms with Gasteiger partial charge in [-0.1, -0.05) is 72.5 Å². The summed E-state index contributed by atoms with van der Waals surface area (Å²) in [5.74, 6) is -1.16. The maximum Gasteiger partial charge on any atom is 0.326 e. The summed E-state index contributed by atoms with van der Waals surface area (Å²) in [6.45, 7) is 2.18. The lowest BCUT2D eigenvalue weighted by molar-refractivity contribution is -0.142. The van der Waals surface area contributed by atoms with E-state index >= 15 is 0 Å². The third-order valence-corrected chi connectivity index (χ3v) is 6.51. The van der Waals surface area contributed by atoms with E-state index < -0.39 is 11.9 Å². The van der Waals surface area contributed by atoms with Crippen LogP contribution in [0.15, 0.2) is 59.5 Å². The van der Waals surface area contributed by atoms with Crippen LogP contribution in [0, 0.1) is 0 Å². The van der Waals surface area contributed by atoms with Crippen molar-refractivity contribution in [2.45, 2.75) is 13.3 Å². The number of carbonyl (C=O) groups is 3. The Hall–Kier alpha value is -2.97. The lowest BCUT2D eigenvalue weighted by atomic mass is 10.1. The van der Waals surface area contributed by atoms with E-state index in [4.69, 9.17) is 17.0 Å². The number of rotatable bonds is 6. The molecule has 6 nitrogen and oxygen atoms in total. The minimum Gasteiger partial charge on any atom is -0.465 e. The van der Waals surface area contributed by atoms with Crippen LogP contribution in [0.1, 0.15) is 18.1 Å². The van der Waals surface area contributed by atoms with Crippen LogP contribution in [0.25, 0.3) is 5.57 Å². The highest BCUT2D eigenvalue weighted by molar-refractivity contribution is 8.26. The van der Waals surface area contributed by atoms with E-state index in [-0.39, 0.29) is 19.1 Å². The third kappa shape index (κ3) is 4.13. The van der Waals surface area contributed by atoms with Crippen LogP contribution in [0.2, 0.25) is 0 Å². The van der Waals surface area contributed by atoms with Gasteiger partial charge >= 0.3 is 5.97 Å². The molecule has 2 amide bonds. The lowest BCUT2D eigenvalue weighted by Gasteiger charge is -2.15. The highest BCUT2D eigenvalue weighted by Gasteiger charge is 2.42. The fraction of sp³-hybridized carbons (Fsp3) is 0.217. The molecule has 0 aliphatic carbocycles. The number of anilines is 1. The van der Waals surface area contributed by atoms with Crippen molar-refractivity contribution in [1.29, 1.82) is 0 Å². The number of hydrogen-bond donors (Lipinski definition) is 0. The molecule has 0 atom stereocenters. The Morgan fingerprint density at radius 1 is 1.00 bits per heavy atom. The Bertz CT molecular complexity index is 1100. The Morgan fingerprint density at radius 2 is 1.71 bits per heavy atom. The summed E-state index contributed by atoms with van der Waals surface area (Å²) >= 11 is 6.59. The van der Waals surface area contributed by atoms with Crippen LogP contribution < -0.4 is 4.90 Å². The first-order chi connectivity index (χ1) is 15.0. The van der Waals surface area contributed by atoms with E-state index in [0.29, 0.717) is 39.0 Å². The molecule has 8 heteroatoms. The number of thioether (sulfide) groups is 1. The lowest BCUT2D eigenvalue weighted by Crippen LogP contribution is -2.34. The van der Waals surface area contributed by atoms with Crippen LogP contribution in [0.5, 0.6) is 0 Å². The number of hydrogen-bond acceptors (Lipinski definition) is 6. The number of nitrogens with zero attached hydrogens (tertiary/aromatic N) is 2. The van der Waals surface area contributed by atoms with E-state index in [1.165, 1.54) is 4.90 Å². The fourth-order valence-electron chi connectivity index (χ4n) is 3.62. The molecule has 2 aromatic rings. The van der Waals surface area contributed by atoms with E-state index in [1.54, 1.807) is 36.1 Å². The Balaban J connectivity index is 1.63. The van der Waals surface area contributed by atoms with Crippen molar-refractivity contribution in [1.82, 2.24) is 4.90 Å². The van der Waals surface area contributed by atoms with Gasteiger partial charge in [0.15, 0.2) is 0 Å². The Kier molecular flexibility index (Phi) is 6.20. The molecule has 1 saturated heterocycles. The van der Waals surface area contributed by atoms with Crippen LogP contribution in [-0.2, 0) is 25.5 Å². The van der Waals surface area contributed by atoms with Gasteiger partial charge in [0.25, 0.3) is 11.8 Å². The molecule has 0 saturated carbocycles. The number of para-hydroxylation sites is 1. The largest absolute Gasteiger partial charge is 0.465 e. The first-order valence-corrected chi connectivity index (χ1v) is 11.1. The number of ether oxygens (including phenoxy) is 1. The molecule has 158 valence electrons. The number of amides is 2. The average molecular weight is 453 g/mol. The summed E-state index contributed by atoms with van der Waals surface area (Å²) in [7, 11) is 0. The van der Waals surface area contributed by atoms with Crippen LogP contribution >= 0.6 is 24.0 Å². The van der Waals surface area contributed by atoms with Crippen molar-refractivity contribution >= 4 is 57.3 Å². The number of thiocarbonyl (C=S) groups is 1. The summed E-state index contributed by atoms with van der Waals surface area (Å²) in [6.07, 6.45) is 0.662. The molecule has 0 spiro atoms. The van der Waals surface area contributed by atoms with Gasteiger partial charge in [-0.2, -0.15) is 0 Å². The van der Waals surface area contributed by atoms with Gasteiger partial charge in [-0.15, -0.1) is 0 Å². The minimum absolute atomic E-state index is 0.207. The number of fused-ring (bicyclic) bond motifs is 1. The predicted molar refractivity (Wildman–Crippen MR) is 124 cm³/mol. The van der Waals surface area contributed by atoms with Crippen LogP contribution in [-0.4, -0.2) is 46.7 Å². The summed E-state index contributed by atoms with van der Waals surface area (Å²) < 4.78 is 5.44. The van der Waals surface area contributed by atoms with Crippen molar-refractivity contribution < 1.29 is 19.1 Å². The number of esters is 1. The van der Waals surface area contributed by atoms with Crippen molar-refractivity contribution in [3.05, 3.63) is 70.6 Å². The van der Waals surface area contributed by atoms with Gasteiger partial charge in [0.1, 0.15) is 10.9 Å². The van der Waals surface area contributed by atoms with Gasteiger partial charge in [0, 0.05) is 12.1 Å². The van der Waals surface area contributed by atoms with Crippen molar-refractivity contribution in [2.24, 2.45) is 0 Å². The summed E-state index contributed by atoms with van der Waals surface area (Å²) in [4.78, 5) is 41.7. The topological polar surface area (TPSA) is 66.9 Å². The van der Waals surface area contributed by atoms with Gasteiger partial charge in [0.05, 0.1) is 22.8 Å². The van der Waals surface area contributed by atoms with Gasteiger partial charge in [-0.25, -0.2) is 0 Å². The molecular formula is C23H20N2O4S2. The molecule has 31 heavy (non-hydrogen) atoms. The molecule has 2 heterocycles. The molecule has 0 radical (unpaired) electrons. The molecule has 1 fully saturated rings. The monoisotopic (exact) mass is 452 g/mol. The van der Waals surface area contributed by atoms with Crippen molar-refractivity contribution in [3.8, 4) is 0 Å². The maximum atomic E-state index is 13.3. The van der Waals surface area contributed by atoms with E-state index in [2.05, 4.69) is 0 Å². The van der Waals surface area contributed by atoms with Gasteiger partial charge in [0.2, 0.25) is 0 Å². The Morgan fingerprint density at radius 3 is 2.45 bits per heavy atom. The molecule has 0 N–H and O–H groups in total. The van der Waals surface area contributed by atoms with Gasteiger partial charge < -0.3 is 4.74 Å². The molecule has 0 bridgehead atoms. The molecule has 4 rings (SSSR count). The molecule has 2 aliphatic rings. The van der Waals surface area contributed by atoms with Crippen LogP contribution in [0.4, 0.5) is 5.69 Å². The summed E-state index contributed by atoms with van der Waals surface area (Å²) in [5, 5.41) is 0. The highest BCUT2D eigenvalue weighted by atomic mass is 32.2. The van der Waals surface area contributed by atoms with Crippen molar-refractivity contribution in [3.63, 3.8) is 0 Å². The van der Waals surface area contributed by atoms with E-state index in [1.807, 2.05) is 30.3 Å². The molecule has 2 aromatic carbocycles. The van der Waals surface area contributed by atoms with Gasteiger partial charge in [-0.3, -0.25) is 24.2 Å². The smallest absolute Gasteiger partial charge is 0.326 e. The van der Waals surface area contributed by atoms with Crippen molar-refractivity contribution in [2.75, 3.05) is 24.6 Å². The second-order valence-electron chi connectivity index (χ2n) is 6.98. The zero-order valence-corrected chi connectivity index (χ0v) is 18.5. The normalized spacial score (nSPS) is 18.0. The maximum absolute atomic E-state index is 13.3. The molecular weight excluding hydrogens is 432 g/mol. The first kappa shape index (κ1) is 21.3. The average Bonchev–Trinajstić information content (AvgIpc) is 3.20. The second-order valence-corrected chi connectivity index (χ2v) is 8.62. The number of carbonyl (C=O) groups excluding carboxylic acids is 3. The molecule has 2 aliphatic heterocycles. The SMILES string of the molecule is CCOC(=O)CN1C(=O)/C(=C2\SC(=S)N(CCc3ccccc3)C2=O)c2ccccc21. The summed E-state index contributed by atoms with van der Waals surface area (Å²) in [5.41, 5.74) is 2.61. The fourth-order valence-corrected chi connectivity index (χ4v) is 5.00. The second kappa shape index (κ2) is 9.03. The first-order valence-electron chi connectivity index (χ1n) is 9.90. The Labute approximate surface area is 189 Å². The zero-order valence-electron chi connectivity index (χ0n) is 16.9. The van der Waals surface area contributed by atoms with E-state index in [9.17, 15) is 14.4 Å². The zero-order chi connectivity index (χ0) is 22.0. The standard InChI is InChI=1S/C23H20N2O4S2/c1-2-29-18(26)14-25-17-11-7-6-10-16(17)19(21(25)27)20-22(28)24(23(30)31-20)13-12-15-8-4-3-5-9-15/h3-11H,2,12-14H2,1H3/b20-19-. The molecule has 0 aromatic heterocycles. The predicted octanol–water partition coefficient (Wildman–Crippen LogP) is 3.41. The van der Waals surface area contributed by atoms with Gasteiger partial charge in [-0.05, 0) is 25.0 Å². The van der Waals surface area contributed by atoms with E-state index in [0.717, 1.165) is 17.3 Å². The quantitative estimate of drug-likeness (QED) is 0.380. The van der Waals surface area contributed by atoms with Crippen LogP contribution in [0.3, 0.4) is 0 Å². The third-order valence-electron chi connectivity index (χ3n) is 5.06. The number of benzene rings is 2.